The van der Waals surface area contributed by atoms with Crippen LogP contribution in [-0.4, -0.2) is 37.1 Å². The molecular formula is C14H23N7O2. The molecule has 0 fully saturated rings. The number of hydrogen-bond acceptors (Lipinski definition) is 4. The average molecular weight is 321 g/mol. The maximum Gasteiger partial charge on any atom is 0.343 e. The van der Waals surface area contributed by atoms with Gasteiger partial charge >= 0.3 is 11.7 Å². The number of rotatable bonds is 4. The van der Waals surface area contributed by atoms with Gasteiger partial charge in [-0.3, -0.25) is 14.6 Å². The zero-order valence-corrected chi connectivity index (χ0v) is 14.1. The average Bonchev–Trinajstić information content (AvgIpc) is 2.96. The van der Waals surface area contributed by atoms with Gasteiger partial charge in [-0.15, -0.1) is 0 Å². The number of amides is 2. The first-order valence-corrected chi connectivity index (χ1v) is 7.38. The smallest absolute Gasteiger partial charge is 0.337 e. The predicted octanol–water partition coefficient (Wildman–Crippen LogP) is 0.504. The van der Waals surface area contributed by atoms with E-state index in [1.54, 1.807) is 18.8 Å². The molecule has 0 aliphatic carbocycles. The van der Waals surface area contributed by atoms with Gasteiger partial charge in [0.15, 0.2) is 0 Å². The topological polar surface area (TPSA) is 110 Å². The SMILES string of the molecule is Cn1nc(C(C)(C)C)cc1NC(=O)NCCc1n[nH]c(=O)n1C. The Morgan fingerprint density at radius 3 is 2.57 bits per heavy atom. The lowest BCUT2D eigenvalue weighted by atomic mass is 9.92. The number of aryl methyl sites for hydroxylation is 1. The number of aromatic amines is 1. The van der Waals surface area contributed by atoms with Crippen molar-refractivity contribution in [1.82, 2.24) is 29.9 Å². The second kappa shape index (κ2) is 6.27. The number of carbonyl (C=O) groups excluding carboxylic acids is 1. The fourth-order valence-corrected chi connectivity index (χ4v) is 2.00. The fraction of sp³-hybridized carbons (Fsp3) is 0.571. The van der Waals surface area contributed by atoms with Gasteiger partial charge in [-0.05, 0) is 0 Å². The van der Waals surface area contributed by atoms with E-state index in [0.717, 1.165) is 5.69 Å². The van der Waals surface area contributed by atoms with Gasteiger partial charge in [0.25, 0.3) is 0 Å². The molecular weight excluding hydrogens is 298 g/mol. The van der Waals surface area contributed by atoms with E-state index in [1.165, 1.54) is 4.57 Å². The van der Waals surface area contributed by atoms with E-state index >= 15 is 0 Å². The second-order valence-corrected chi connectivity index (χ2v) is 6.42. The van der Waals surface area contributed by atoms with E-state index in [-0.39, 0.29) is 17.1 Å². The molecule has 23 heavy (non-hydrogen) atoms. The molecule has 2 aromatic rings. The summed E-state index contributed by atoms with van der Waals surface area (Å²) in [4.78, 5) is 23.2. The van der Waals surface area contributed by atoms with Crippen LogP contribution in [0.2, 0.25) is 0 Å². The van der Waals surface area contributed by atoms with Crippen LogP contribution >= 0.6 is 0 Å². The standard InChI is InChI=1S/C14H23N7O2/c1-14(2,3)9-8-11(21(5)19-9)16-12(22)15-7-6-10-17-18-13(23)20(10)4/h8H,6-7H2,1-5H3,(H,18,23)(H2,15,16,22). The first kappa shape index (κ1) is 16.8. The lowest BCUT2D eigenvalue weighted by molar-refractivity contribution is 0.252. The highest BCUT2D eigenvalue weighted by Crippen LogP contribution is 2.23. The minimum Gasteiger partial charge on any atom is -0.337 e. The summed E-state index contributed by atoms with van der Waals surface area (Å²) in [7, 11) is 3.41. The molecule has 0 spiro atoms. The molecule has 9 nitrogen and oxygen atoms in total. The van der Waals surface area contributed by atoms with Gasteiger partial charge < -0.3 is 5.32 Å². The molecule has 0 aliphatic heterocycles. The lowest BCUT2D eigenvalue weighted by Gasteiger charge is -2.13. The Morgan fingerprint density at radius 1 is 1.35 bits per heavy atom. The van der Waals surface area contributed by atoms with Gasteiger partial charge in [0.1, 0.15) is 11.6 Å². The molecule has 9 heteroatoms. The number of anilines is 1. The molecule has 0 atom stereocenters. The van der Waals surface area contributed by atoms with E-state index in [2.05, 4.69) is 46.7 Å². The van der Waals surface area contributed by atoms with Crippen molar-refractivity contribution in [3.8, 4) is 0 Å². The van der Waals surface area contributed by atoms with Crippen LogP contribution < -0.4 is 16.3 Å². The maximum atomic E-state index is 11.9. The van der Waals surface area contributed by atoms with Gasteiger partial charge in [-0.1, -0.05) is 20.8 Å². The molecule has 2 amide bonds. The van der Waals surface area contributed by atoms with E-state index in [0.29, 0.717) is 24.6 Å². The van der Waals surface area contributed by atoms with E-state index in [9.17, 15) is 9.59 Å². The zero-order chi connectivity index (χ0) is 17.2. The number of urea groups is 1. The minimum absolute atomic E-state index is 0.0844. The zero-order valence-electron chi connectivity index (χ0n) is 14.1. The highest BCUT2D eigenvalue weighted by atomic mass is 16.2. The second-order valence-electron chi connectivity index (χ2n) is 6.42. The Kier molecular flexibility index (Phi) is 4.57. The Labute approximate surface area is 134 Å². The van der Waals surface area contributed by atoms with Gasteiger partial charge in [0.2, 0.25) is 0 Å². The summed E-state index contributed by atoms with van der Waals surface area (Å²) >= 11 is 0. The van der Waals surface area contributed by atoms with Crippen LogP contribution in [0.1, 0.15) is 32.3 Å². The van der Waals surface area contributed by atoms with Crippen LogP contribution in [0, 0.1) is 0 Å². The lowest BCUT2D eigenvalue weighted by Crippen LogP contribution is -2.31. The normalized spacial score (nSPS) is 11.5. The highest BCUT2D eigenvalue weighted by Gasteiger charge is 2.19. The number of hydrogen-bond donors (Lipinski definition) is 3. The molecule has 0 bridgehead atoms. The van der Waals surface area contributed by atoms with Crippen molar-refractivity contribution in [3.63, 3.8) is 0 Å². The summed E-state index contributed by atoms with van der Waals surface area (Å²) in [5.41, 5.74) is 0.551. The highest BCUT2D eigenvalue weighted by molar-refractivity contribution is 5.88. The van der Waals surface area contributed by atoms with Crippen molar-refractivity contribution >= 4 is 11.8 Å². The molecule has 126 valence electrons. The summed E-state index contributed by atoms with van der Waals surface area (Å²) < 4.78 is 3.05. The molecule has 2 rings (SSSR count). The summed E-state index contributed by atoms with van der Waals surface area (Å²) in [5, 5.41) is 16.1. The first-order valence-electron chi connectivity index (χ1n) is 7.38. The third-order valence-corrected chi connectivity index (χ3v) is 3.50. The molecule has 3 N–H and O–H groups in total. The summed E-state index contributed by atoms with van der Waals surface area (Å²) in [6.07, 6.45) is 0.460. The number of carbonyl (C=O) groups is 1. The molecule has 2 aromatic heterocycles. The molecule has 0 saturated heterocycles. The molecule has 0 radical (unpaired) electrons. The molecule has 0 aromatic carbocycles. The molecule has 0 saturated carbocycles. The Hall–Kier alpha value is -2.58. The van der Waals surface area contributed by atoms with Gasteiger partial charge in [0, 0.05) is 38.5 Å². The van der Waals surface area contributed by atoms with Gasteiger partial charge in [-0.2, -0.15) is 10.2 Å². The molecule has 0 aliphatic rings. The number of aromatic nitrogens is 5. The predicted molar refractivity (Wildman–Crippen MR) is 86.5 cm³/mol. The Morgan fingerprint density at radius 2 is 2.04 bits per heavy atom. The number of H-pyrrole nitrogens is 1. The van der Waals surface area contributed by atoms with Crippen LogP contribution in [0.3, 0.4) is 0 Å². The van der Waals surface area contributed by atoms with Crippen LogP contribution in [0.5, 0.6) is 0 Å². The van der Waals surface area contributed by atoms with Crippen LogP contribution in [0.4, 0.5) is 10.6 Å². The van der Waals surface area contributed by atoms with E-state index in [4.69, 9.17) is 0 Å². The Bertz CT molecular complexity index is 748. The third kappa shape index (κ3) is 3.99. The summed E-state index contributed by atoms with van der Waals surface area (Å²) in [6, 6.07) is 1.53. The summed E-state index contributed by atoms with van der Waals surface area (Å²) in [6.45, 7) is 6.56. The van der Waals surface area contributed by atoms with Crippen molar-refractivity contribution in [2.75, 3.05) is 11.9 Å². The first-order chi connectivity index (χ1) is 10.7. The van der Waals surface area contributed by atoms with Crippen LogP contribution in [0.25, 0.3) is 0 Å². The summed E-state index contributed by atoms with van der Waals surface area (Å²) in [5.74, 6) is 1.21. The van der Waals surface area contributed by atoms with Crippen molar-refractivity contribution in [1.29, 1.82) is 0 Å². The van der Waals surface area contributed by atoms with Crippen LogP contribution in [0.15, 0.2) is 10.9 Å². The fourth-order valence-electron chi connectivity index (χ4n) is 2.00. The Balaban J connectivity index is 1.89. The van der Waals surface area contributed by atoms with Crippen molar-refractivity contribution in [3.05, 3.63) is 28.1 Å². The largest absolute Gasteiger partial charge is 0.343 e. The van der Waals surface area contributed by atoms with Gasteiger partial charge in [-0.25, -0.2) is 14.7 Å². The monoisotopic (exact) mass is 321 g/mol. The van der Waals surface area contributed by atoms with Crippen molar-refractivity contribution < 1.29 is 4.79 Å². The molecule has 0 unspecified atom stereocenters. The van der Waals surface area contributed by atoms with Crippen LogP contribution in [-0.2, 0) is 25.9 Å². The third-order valence-electron chi connectivity index (χ3n) is 3.50. The number of nitrogens with one attached hydrogen (secondary N) is 3. The van der Waals surface area contributed by atoms with Crippen molar-refractivity contribution in [2.24, 2.45) is 14.1 Å². The molecule has 2 heterocycles. The van der Waals surface area contributed by atoms with E-state index < -0.39 is 0 Å². The van der Waals surface area contributed by atoms with Crippen molar-refractivity contribution in [2.45, 2.75) is 32.6 Å². The minimum atomic E-state index is -0.325. The van der Waals surface area contributed by atoms with E-state index in [1.807, 2.05) is 6.07 Å². The van der Waals surface area contributed by atoms with Gasteiger partial charge in [0.05, 0.1) is 5.69 Å². The number of nitrogens with zero attached hydrogens (tertiary/aromatic N) is 4. The maximum absolute atomic E-state index is 11.9. The quantitative estimate of drug-likeness (QED) is 0.762.